The van der Waals surface area contributed by atoms with E-state index in [1.807, 2.05) is 24.3 Å². The van der Waals surface area contributed by atoms with Crippen molar-refractivity contribution in [3.05, 3.63) is 50.9 Å². The van der Waals surface area contributed by atoms with E-state index in [1.165, 1.54) is 10.6 Å². The van der Waals surface area contributed by atoms with Crippen molar-refractivity contribution in [3.8, 4) is 0 Å². The zero-order chi connectivity index (χ0) is 15.8. The molecule has 0 bridgehead atoms. The van der Waals surface area contributed by atoms with Crippen molar-refractivity contribution < 1.29 is 0 Å². The second-order valence-corrected chi connectivity index (χ2v) is 6.19. The van der Waals surface area contributed by atoms with Gasteiger partial charge in [-0.05, 0) is 24.1 Å². The summed E-state index contributed by atoms with van der Waals surface area (Å²) in [5.41, 5.74) is 2.31. The van der Waals surface area contributed by atoms with Crippen LogP contribution in [0.2, 0.25) is 5.02 Å². The van der Waals surface area contributed by atoms with Crippen LogP contribution in [0.4, 0.5) is 0 Å². The first-order chi connectivity index (χ1) is 10.7. The van der Waals surface area contributed by atoms with Gasteiger partial charge in [0, 0.05) is 37.0 Å². The quantitative estimate of drug-likeness (QED) is 0.628. The first-order valence-electron chi connectivity index (χ1n) is 7.33. The van der Waals surface area contributed by atoms with E-state index < -0.39 is 0 Å². The van der Waals surface area contributed by atoms with Gasteiger partial charge < -0.3 is 10.6 Å². The Hall–Kier alpha value is -1.59. The van der Waals surface area contributed by atoms with Gasteiger partial charge in [-0.2, -0.15) is 0 Å². The smallest absolute Gasteiger partial charge is 0.191 e. The van der Waals surface area contributed by atoms with E-state index in [0.717, 1.165) is 36.1 Å². The summed E-state index contributed by atoms with van der Waals surface area (Å²) < 4.78 is 0. The van der Waals surface area contributed by atoms with Crippen LogP contribution in [0.25, 0.3) is 0 Å². The number of hydrogen-bond acceptors (Lipinski definition) is 3. The first-order valence-corrected chi connectivity index (χ1v) is 8.59. The predicted octanol–water partition coefficient (Wildman–Crippen LogP) is 3.27. The highest BCUT2D eigenvalue weighted by molar-refractivity contribution is 7.09. The molecule has 6 heteroatoms. The Morgan fingerprint density at radius 2 is 2.05 bits per heavy atom. The summed E-state index contributed by atoms with van der Waals surface area (Å²) in [6.45, 7) is 3.66. The van der Waals surface area contributed by atoms with Gasteiger partial charge in [-0.3, -0.25) is 4.99 Å². The van der Waals surface area contributed by atoms with Crippen LogP contribution in [-0.2, 0) is 19.4 Å². The van der Waals surface area contributed by atoms with Crippen molar-refractivity contribution in [2.24, 2.45) is 4.99 Å². The monoisotopic (exact) mass is 336 g/mol. The third-order valence-electron chi connectivity index (χ3n) is 3.17. The number of aromatic nitrogens is 1. The number of halogens is 1. The van der Waals surface area contributed by atoms with Crippen LogP contribution in [0, 0.1) is 0 Å². The molecular formula is C16H21ClN4S. The molecule has 0 saturated heterocycles. The van der Waals surface area contributed by atoms with Crippen LogP contribution in [0.3, 0.4) is 0 Å². The van der Waals surface area contributed by atoms with Crippen LogP contribution in [0.1, 0.15) is 23.2 Å². The number of aryl methyl sites for hydroxylation is 1. The first kappa shape index (κ1) is 16.8. The van der Waals surface area contributed by atoms with Crippen molar-refractivity contribution in [1.29, 1.82) is 0 Å². The molecule has 1 aromatic carbocycles. The number of hydrogen-bond donors (Lipinski definition) is 2. The van der Waals surface area contributed by atoms with Gasteiger partial charge in [0.05, 0.1) is 10.7 Å². The Kier molecular flexibility index (Phi) is 6.68. The maximum atomic E-state index is 5.88. The van der Waals surface area contributed by atoms with E-state index in [-0.39, 0.29) is 0 Å². The van der Waals surface area contributed by atoms with Crippen molar-refractivity contribution in [2.75, 3.05) is 13.6 Å². The fraction of sp³-hybridized carbons (Fsp3) is 0.375. The Labute approximate surface area is 140 Å². The lowest BCUT2D eigenvalue weighted by atomic mass is 10.2. The highest BCUT2D eigenvalue weighted by Gasteiger charge is 2.02. The molecule has 0 fully saturated rings. The molecule has 0 aliphatic heterocycles. The minimum absolute atomic E-state index is 0.716. The molecule has 0 aliphatic rings. The molecule has 2 N–H and O–H groups in total. The van der Waals surface area contributed by atoms with Gasteiger partial charge >= 0.3 is 0 Å². The summed E-state index contributed by atoms with van der Waals surface area (Å²) in [6.07, 6.45) is 1.90. The third-order valence-corrected chi connectivity index (χ3v) is 4.47. The third kappa shape index (κ3) is 5.31. The number of nitrogens with one attached hydrogen (secondary N) is 2. The van der Waals surface area contributed by atoms with Crippen LogP contribution in [0.15, 0.2) is 34.6 Å². The van der Waals surface area contributed by atoms with E-state index in [9.17, 15) is 0 Å². The zero-order valence-corrected chi connectivity index (χ0v) is 14.5. The van der Waals surface area contributed by atoms with E-state index in [1.54, 1.807) is 18.4 Å². The molecule has 0 unspecified atom stereocenters. The Balaban J connectivity index is 1.74. The number of benzene rings is 1. The summed E-state index contributed by atoms with van der Waals surface area (Å²) >= 11 is 7.61. The fourth-order valence-corrected chi connectivity index (χ4v) is 2.85. The maximum absolute atomic E-state index is 5.88. The second-order valence-electron chi connectivity index (χ2n) is 4.82. The fourth-order valence-electron chi connectivity index (χ4n) is 1.94. The van der Waals surface area contributed by atoms with Gasteiger partial charge in [-0.25, -0.2) is 4.98 Å². The normalized spacial score (nSPS) is 11.5. The number of guanidine groups is 1. The molecule has 0 aliphatic carbocycles. The lowest BCUT2D eigenvalue weighted by Crippen LogP contribution is -2.37. The molecule has 2 aromatic rings. The average molecular weight is 337 g/mol. The highest BCUT2D eigenvalue weighted by atomic mass is 35.5. The lowest BCUT2D eigenvalue weighted by molar-refractivity contribution is 0.785. The van der Waals surface area contributed by atoms with E-state index in [4.69, 9.17) is 11.6 Å². The number of nitrogens with zero attached hydrogens (tertiary/aromatic N) is 2. The number of aliphatic imine (C=N–C) groups is 1. The van der Waals surface area contributed by atoms with E-state index >= 15 is 0 Å². The van der Waals surface area contributed by atoms with E-state index in [0.29, 0.717) is 6.54 Å². The van der Waals surface area contributed by atoms with Gasteiger partial charge in [-0.15, -0.1) is 11.3 Å². The van der Waals surface area contributed by atoms with Gasteiger partial charge in [0.15, 0.2) is 5.96 Å². The van der Waals surface area contributed by atoms with Crippen molar-refractivity contribution in [3.63, 3.8) is 0 Å². The molecule has 2 rings (SSSR count). The van der Waals surface area contributed by atoms with Gasteiger partial charge in [-0.1, -0.05) is 30.7 Å². The van der Waals surface area contributed by atoms with Crippen LogP contribution in [0.5, 0.6) is 0 Å². The Morgan fingerprint density at radius 1 is 1.27 bits per heavy atom. The second kappa shape index (κ2) is 8.76. The topological polar surface area (TPSA) is 49.3 Å². The van der Waals surface area contributed by atoms with Crippen molar-refractivity contribution in [1.82, 2.24) is 15.6 Å². The summed E-state index contributed by atoms with van der Waals surface area (Å²) in [7, 11) is 1.77. The molecular weight excluding hydrogens is 316 g/mol. The molecule has 0 amide bonds. The van der Waals surface area contributed by atoms with Gasteiger partial charge in [0.25, 0.3) is 0 Å². The molecule has 118 valence electrons. The standard InChI is InChI=1S/C16H21ClN4S/c1-3-15-21-14(11-22-15)8-9-19-16(18-2)20-10-12-4-6-13(17)7-5-12/h4-7,11H,3,8-10H2,1-2H3,(H2,18,19,20). The van der Waals surface area contributed by atoms with Crippen molar-refractivity contribution in [2.45, 2.75) is 26.3 Å². The Bertz CT molecular complexity index is 607. The SMILES string of the molecule is CCc1nc(CCNC(=NC)NCc2ccc(Cl)cc2)cs1. The lowest BCUT2D eigenvalue weighted by Gasteiger charge is -2.11. The molecule has 0 atom stereocenters. The maximum Gasteiger partial charge on any atom is 0.191 e. The summed E-state index contributed by atoms with van der Waals surface area (Å²) in [5, 5.41) is 10.7. The molecule has 22 heavy (non-hydrogen) atoms. The predicted molar refractivity (Wildman–Crippen MR) is 94.8 cm³/mol. The van der Waals surface area contributed by atoms with Crippen molar-refractivity contribution >= 4 is 28.9 Å². The number of thiazole rings is 1. The largest absolute Gasteiger partial charge is 0.356 e. The molecule has 0 spiro atoms. The minimum Gasteiger partial charge on any atom is -0.356 e. The average Bonchev–Trinajstić information content (AvgIpc) is 3.00. The minimum atomic E-state index is 0.716. The van der Waals surface area contributed by atoms with Crippen LogP contribution >= 0.6 is 22.9 Å². The summed E-state index contributed by atoms with van der Waals surface area (Å²) in [5.74, 6) is 0.792. The Morgan fingerprint density at radius 3 is 2.68 bits per heavy atom. The summed E-state index contributed by atoms with van der Waals surface area (Å²) in [4.78, 5) is 8.78. The van der Waals surface area contributed by atoms with Gasteiger partial charge in [0.1, 0.15) is 0 Å². The summed E-state index contributed by atoms with van der Waals surface area (Å²) in [6, 6.07) is 7.79. The van der Waals surface area contributed by atoms with Crippen LogP contribution < -0.4 is 10.6 Å². The molecule has 4 nitrogen and oxygen atoms in total. The van der Waals surface area contributed by atoms with Crippen LogP contribution in [-0.4, -0.2) is 24.5 Å². The number of rotatable bonds is 6. The molecule has 0 saturated carbocycles. The van der Waals surface area contributed by atoms with E-state index in [2.05, 4.69) is 32.9 Å². The van der Waals surface area contributed by atoms with Gasteiger partial charge in [0.2, 0.25) is 0 Å². The molecule has 0 radical (unpaired) electrons. The zero-order valence-electron chi connectivity index (χ0n) is 12.9. The molecule has 1 heterocycles. The highest BCUT2D eigenvalue weighted by Crippen LogP contribution is 2.10. The molecule has 1 aromatic heterocycles.